The Labute approximate surface area is 190 Å². The first-order valence-corrected chi connectivity index (χ1v) is 10.4. The monoisotopic (exact) mass is 512 g/mol. The van der Waals surface area contributed by atoms with Gasteiger partial charge in [0.1, 0.15) is 5.82 Å². The Morgan fingerprint density at radius 1 is 1.24 bits per heavy atom. The summed E-state index contributed by atoms with van der Waals surface area (Å²) in [7, 11) is 0. The maximum Gasteiger partial charge on any atom is 0.345 e. The van der Waals surface area contributed by atoms with Crippen molar-refractivity contribution >= 4 is 29.9 Å². The zero-order chi connectivity index (χ0) is 19.8. The van der Waals surface area contributed by atoms with Crippen molar-refractivity contribution in [3.63, 3.8) is 0 Å². The third-order valence-corrected chi connectivity index (χ3v) is 5.11. The van der Waals surface area contributed by atoms with Gasteiger partial charge in [0.2, 0.25) is 0 Å². The number of aromatic nitrogens is 3. The highest BCUT2D eigenvalue weighted by atomic mass is 127. The topological polar surface area (TPSA) is 76.2 Å². The standard InChI is InChI=1S/C21H32N6O.HI/c1-3-22-20(24-16-17(2)18-10-5-4-6-11-18)23-13-9-15-27-21(28)26-14-8-7-12-19(26)25-27;/h4-6,10-11,17H,3,7-9,12-16H2,1-2H3,(H2,22,23,24);1H. The minimum Gasteiger partial charge on any atom is -0.357 e. The number of nitrogens with one attached hydrogen (secondary N) is 2. The molecule has 3 rings (SSSR count). The van der Waals surface area contributed by atoms with Gasteiger partial charge in [0.15, 0.2) is 5.96 Å². The number of guanidine groups is 1. The molecule has 1 aromatic carbocycles. The Kier molecular flexibility index (Phi) is 9.69. The van der Waals surface area contributed by atoms with Gasteiger partial charge in [-0.1, -0.05) is 37.3 Å². The van der Waals surface area contributed by atoms with Gasteiger partial charge in [-0.15, -0.1) is 24.0 Å². The highest BCUT2D eigenvalue weighted by Gasteiger charge is 2.16. The molecule has 1 aromatic heterocycles. The Balaban J connectivity index is 0.00000300. The quantitative estimate of drug-likeness (QED) is 0.247. The van der Waals surface area contributed by atoms with Crippen LogP contribution in [0.4, 0.5) is 0 Å². The lowest BCUT2D eigenvalue weighted by molar-refractivity contribution is 0.509. The van der Waals surface area contributed by atoms with E-state index in [4.69, 9.17) is 4.99 Å². The van der Waals surface area contributed by atoms with Crippen molar-refractivity contribution < 1.29 is 0 Å². The lowest BCUT2D eigenvalue weighted by Gasteiger charge is -2.13. The van der Waals surface area contributed by atoms with Crippen LogP contribution in [-0.4, -0.2) is 39.9 Å². The molecule has 1 atom stereocenters. The average molecular weight is 512 g/mol. The molecule has 160 valence electrons. The molecule has 8 heteroatoms. The molecule has 29 heavy (non-hydrogen) atoms. The van der Waals surface area contributed by atoms with E-state index in [9.17, 15) is 4.79 Å². The lowest BCUT2D eigenvalue weighted by atomic mass is 10.0. The van der Waals surface area contributed by atoms with Gasteiger partial charge in [-0.3, -0.25) is 9.56 Å². The van der Waals surface area contributed by atoms with Crippen LogP contribution in [0.1, 0.15) is 50.4 Å². The van der Waals surface area contributed by atoms with E-state index in [0.29, 0.717) is 12.5 Å². The van der Waals surface area contributed by atoms with Crippen molar-refractivity contribution in [1.29, 1.82) is 0 Å². The summed E-state index contributed by atoms with van der Waals surface area (Å²) in [6.07, 6.45) is 3.94. The molecule has 0 fully saturated rings. The van der Waals surface area contributed by atoms with Gasteiger partial charge in [-0.05, 0) is 31.7 Å². The number of nitrogens with zero attached hydrogens (tertiary/aromatic N) is 4. The number of aryl methyl sites for hydroxylation is 2. The maximum absolute atomic E-state index is 12.4. The minimum absolute atomic E-state index is 0. The molecule has 0 radical (unpaired) electrons. The van der Waals surface area contributed by atoms with Gasteiger partial charge in [-0.25, -0.2) is 9.48 Å². The number of aliphatic imine (C=N–C) groups is 1. The van der Waals surface area contributed by atoms with Gasteiger partial charge in [0.05, 0.1) is 0 Å². The summed E-state index contributed by atoms with van der Waals surface area (Å²) in [5.41, 5.74) is 1.33. The van der Waals surface area contributed by atoms with E-state index in [1.165, 1.54) is 5.56 Å². The molecule has 1 unspecified atom stereocenters. The summed E-state index contributed by atoms with van der Waals surface area (Å²) in [5, 5.41) is 11.1. The first-order chi connectivity index (χ1) is 13.7. The molecular weight excluding hydrogens is 479 g/mol. The second-order valence-corrected chi connectivity index (χ2v) is 7.34. The second kappa shape index (κ2) is 12.0. The van der Waals surface area contributed by atoms with Crippen molar-refractivity contribution in [3.8, 4) is 0 Å². The summed E-state index contributed by atoms with van der Waals surface area (Å²) in [6.45, 7) is 7.99. The Bertz CT molecular complexity index is 829. The predicted molar refractivity (Wildman–Crippen MR) is 128 cm³/mol. The van der Waals surface area contributed by atoms with E-state index in [1.54, 1.807) is 4.68 Å². The minimum atomic E-state index is 0. The number of hydrogen-bond donors (Lipinski definition) is 2. The van der Waals surface area contributed by atoms with E-state index in [0.717, 1.165) is 63.6 Å². The van der Waals surface area contributed by atoms with Gasteiger partial charge in [0, 0.05) is 45.1 Å². The van der Waals surface area contributed by atoms with Crippen molar-refractivity contribution in [2.75, 3.05) is 19.6 Å². The van der Waals surface area contributed by atoms with Crippen LogP contribution >= 0.6 is 24.0 Å². The maximum atomic E-state index is 12.4. The average Bonchev–Trinajstić information content (AvgIpc) is 3.05. The molecule has 0 spiro atoms. The molecule has 0 saturated carbocycles. The molecule has 1 aliphatic heterocycles. The smallest absolute Gasteiger partial charge is 0.345 e. The summed E-state index contributed by atoms with van der Waals surface area (Å²) < 4.78 is 3.44. The Hall–Kier alpha value is -1.84. The second-order valence-electron chi connectivity index (χ2n) is 7.34. The van der Waals surface area contributed by atoms with Crippen LogP contribution in [-0.2, 0) is 19.5 Å². The predicted octanol–water partition coefficient (Wildman–Crippen LogP) is 2.75. The zero-order valence-corrected chi connectivity index (χ0v) is 19.8. The van der Waals surface area contributed by atoms with E-state index in [-0.39, 0.29) is 29.7 Å². The molecule has 0 saturated heterocycles. The molecular formula is C21H33IN6O. The van der Waals surface area contributed by atoms with Crippen molar-refractivity contribution in [2.24, 2.45) is 4.99 Å². The van der Waals surface area contributed by atoms with Crippen LogP contribution in [0.5, 0.6) is 0 Å². The van der Waals surface area contributed by atoms with Crippen LogP contribution in [0.15, 0.2) is 40.1 Å². The number of rotatable bonds is 8. The fourth-order valence-electron chi connectivity index (χ4n) is 3.49. The fraction of sp³-hybridized carbons (Fsp3) is 0.571. The molecule has 0 bridgehead atoms. The molecule has 0 aliphatic carbocycles. The van der Waals surface area contributed by atoms with Gasteiger partial charge < -0.3 is 10.6 Å². The third kappa shape index (κ3) is 6.58. The normalized spacial score (nSPS) is 14.6. The molecule has 2 heterocycles. The van der Waals surface area contributed by atoms with Crippen LogP contribution in [0, 0.1) is 0 Å². The van der Waals surface area contributed by atoms with Gasteiger partial charge in [0.25, 0.3) is 0 Å². The van der Waals surface area contributed by atoms with Crippen molar-refractivity contribution in [3.05, 3.63) is 52.2 Å². The number of benzene rings is 1. The Morgan fingerprint density at radius 3 is 2.76 bits per heavy atom. The van der Waals surface area contributed by atoms with Crippen molar-refractivity contribution in [2.45, 2.75) is 58.5 Å². The van der Waals surface area contributed by atoms with E-state index in [1.807, 2.05) is 10.6 Å². The van der Waals surface area contributed by atoms with Gasteiger partial charge >= 0.3 is 5.69 Å². The molecule has 7 nitrogen and oxygen atoms in total. The SMILES string of the molecule is CCNC(=NCC(C)c1ccccc1)NCCCn1nc2n(c1=O)CCCC2.I. The summed E-state index contributed by atoms with van der Waals surface area (Å²) in [5.74, 6) is 2.13. The lowest BCUT2D eigenvalue weighted by Crippen LogP contribution is -2.38. The third-order valence-electron chi connectivity index (χ3n) is 5.11. The van der Waals surface area contributed by atoms with Crippen molar-refractivity contribution in [1.82, 2.24) is 25.0 Å². The molecule has 1 aliphatic rings. The number of halogens is 1. The number of hydrogen-bond acceptors (Lipinski definition) is 3. The molecule has 2 N–H and O–H groups in total. The van der Waals surface area contributed by atoms with Crippen LogP contribution in [0.25, 0.3) is 0 Å². The highest BCUT2D eigenvalue weighted by molar-refractivity contribution is 14.0. The number of fused-ring (bicyclic) bond motifs is 1. The largest absolute Gasteiger partial charge is 0.357 e. The van der Waals surface area contributed by atoms with Gasteiger partial charge in [-0.2, -0.15) is 5.10 Å². The molecule has 2 aromatic rings. The summed E-state index contributed by atoms with van der Waals surface area (Å²) in [6, 6.07) is 10.4. The summed E-state index contributed by atoms with van der Waals surface area (Å²) in [4.78, 5) is 17.1. The Morgan fingerprint density at radius 2 is 2.03 bits per heavy atom. The first kappa shape index (κ1) is 23.4. The van der Waals surface area contributed by atoms with E-state index < -0.39 is 0 Å². The molecule has 0 amide bonds. The zero-order valence-electron chi connectivity index (χ0n) is 17.4. The fourth-order valence-corrected chi connectivity index (χ4v) is 3.49. The first-order valence-electron chi connectivity index (χ1n) is 10.4. The van der Waals surface area contributed by atoms with Crippen LogP contribution in [0.2, 0.25) is 0 Å². The van der Waals surface area contributed by atoms with Crippen LogP contribution < -0.4 is 16.3 Å². The summed E-state index contributed by atoms with van der Waals surface area (Å²) >= 11 is 0. The van der Waals surface area contributed by atoms with E-state index >= 15 is 0 Å². The highest BCUT2D eigenvalue weighted by Crippen LogP contribution is 2.14. The van der Waals surface area contributed by atoms with E-state index in [2.05, 4.69) is 53.8 Å². The van der Waals surface area contributed by atoms with Crippen LogP contribution in [0.3, 0.4) is 0 Å².